The first-order valence-corrected chi connectivity index (χ1v) is 8.62. The van der Waals surface area contributed by atoms with E-state index in [1.54, 1.807) is 36.4 Å². The Labute approximate surface area is 157 Å². The summed E-state index contributed by atoms with van der Waals surface area (Å²) in [6.07, 6.45) is -0.845. The van der Waals surface area contributed by atoms with E-state index in [0.717, 1.165) is 5.56 Å². The number of aliphatic hydroxyl groups excluding tert-OH is 2. The largest absolute Gasteiger partial charge is 0.508 e. The van der Waals surface area contributed by atoms with Crippen molar-refractivity contribution in [2.75, 3.05) is 6.54 Å². The number of amides is 1. The van der Waals surface area contributed by atoms with Crippen molar-refractivity contribution in [1.82, 2.24) is 4.90 Å². The van der Waals surface area contributed by atoms with E-state index in [1.807, 2.05) is 6.92 Å². The lowest BCUT2D eigenvalue weighted by Gasteiger charge is -2.26. The number of β-amino-alcohol motifs (C(OH)–C–C–N with tert-alkyl or cyclic N) is 1. The second-order valence-corrected chi connectivity index (χ2v) is 6.76. The van der Waals surface area contributed by atoms with Gasteiger partial charge < -0.3 is 20.2 Å². The van der Waals surface area contributed by atoms with Crippen molar-refractivity contribution in [3.8, 4) is 5.75 Å². The molecule has 0 aliphatic carbocycles. The molecular formula is C21H21NO5. The number of carbonyl (C=O) groups excluding carboxylic acids is 2. The summed E-state index contributed by atoms with van der Waals surface area (Å²) >= 11 is 0. The molecule has 0 aromatic heterocycles. The monoisotopic (exact) mass is 367 g/mol. The second-order valence-electron chi connectivity index (χ2n) is 6.76. The molecular weight excluding hydrogens is 346 g/mol. The standard InChI is InChI=1S/C21H21NO5/c1-12-3-5-15(6-4-12)19(25)17-18(14-7-9-16(24)10-8-14)22(11-13(2)23)21(27)20(17)26/h3-10,13,18,23-25H,11H2,1-2H3/t13-,18+/m0/s1. The van der Waals surface area contributed by atoms with Crippen LogP contribution in [0.25, 0.3) is 5.76 Å². The number of hydrogen-bond donors (Lipinski definition) is 3. The number of hydrogen-bond acceptors (Lipinski definition) is 5. The number of aryl methyl sites for hydroxylation is 1. The third-order valence-corrected chi connectivity index (χ3v) is 4.53. The maximum Gasteiger partial charge on any atom is 0.295 e. The Balaban J connectivity index is 2.17. The van der Waals surface area contributed by atoms with Crippen molar-refractivity contribution in [1.29, 1.82) is 0 Å². The van der Waals surface area contributed by atoms with Crippen molar-refractivity contribution in [3.05, 3.63) is 70.8 Å². The molecule has 2 aromatic carbocycles. The fourth-order valence-electron chi connectivity index (χ4n) is 3.22. The molecule has 0 spiro atoms. The van der Waals surface area contributed by atoms with E-state index in [2.05, 4.69) is 0 Å². The maximum absolute atomic E-state index is 12.7. The van der Waals surface area contributed by atoms with E-state index in [0.29, 0.717) is 11.1 Å². The van der Waals surface area contributed by atoms with Gasteiger partial charge in [0.05, 0.1) is 17.7 Å². The molecule has 2 atom stereocenters. The van der Waals surface area contributed by atoms with Crippen LogP contribution in [0.15, 0.2) is 54.1 Å². The van der Waals surface area contributed by atoms with Crippen LogP contribution < -0.4 is 0 Å². The first-order valence-electron chi connectivity index (χ1n) is 8.62. The Bertz CT molecular complexity index is 897. The van der Waals surface area contributed by atoms with Crippen LogP contribution in [0.2, 0.25) is 0 Å². The third kappa shape index (κ3) is 3.57. The van der Waals surface area contributed by atoms with Crippen LogP contribution in [0.1, 0.15) is 29.7 Å². The Kier molecular flexibility index (Phi) is 5.01. The van der Waals surface area contributed by atoms with Gasteiger partial charge in [0.1, 0.15) is 11.5 Å². The quantitative estimate of drug-likeness (QED) is 0.438. The van der Waals surface area contributed by atoms with E-state index in [-0.39, 0.29) is 23.6 Å². The Hall–Kier alpha value is -3.12. The van der Waals surface area contributed by atoms with Crippen molar-refractivity contribution in [3.63, 3.8) is 0 Å². The zero-order chi connectivity index (χ0) is 19.7. The molecule has 0 radical (unpaired) electrons. The van der Waals surface area contributed by atoms with Gasteiger partial charge in [-0.1, -0.05) is 42.0 Å². The van der Waals surface area contributed by atoms with Crippen LogP contribution in [-0.2, 0) is 9.59 Å². The summed E-state index contributed by atoms with van der Waals surface area (Å²) in [4.78, 5) is 26.5. The SMILES string of the molecule is Cc1ccc(C(O)=C2C(=O)C(=O)N(C[C@H](C)O)[C@@H]2c2ccc(O)cc2)cc1. The molecule has 1 aliphatic heterocycles. The number of likely N-dealkylation sites (tertiary alicyclic amines) is 1. The van der Waals surface area contributed by atoms with E-state index in [9.17, 15) is 24.9 Å². The minimum absolute atomic E-state index is 0.0322. The molecule has 0 unspecified atom stereocenters. The minimum Gasteiger partial charge on any atom is -0.508 e. The van der Waals surface area contributed by atoms with Gasteiger partial charge in [-0.05, 0) is 31.5 Å². The Morgan fingerprint density at radius 2 is 1.67 bits per heavy atom. The first-order chi connectivity index (χ1) is 12.8. The number of carbonyl (C=O) groups is 2. The lowest BCUT2D eigenvalue weighted by atomic mass is 9.95. The summed E-state index contributed by atoms with van der Waals surface area (Å²) in [6, 6.07) is 12.2. The van der Waals surface area contributed by atoms with Crippen LogP contribution in [0.4, 0.5) is 0 Å². The number of aliphatic hydroxyl groups is 2. The van der Waals surface area contributed by atoms with Crippen LogP contribution in [0, 0.1) is 6.92 Å². The van der Waals surface area contributed by atoms with E-state index < -0.39 is 23.8 Å². The number of benzene rings is 2. The Morgan fingerprint density at radius 1 is 1.07 bits per heavy atom. The average Bonchev–Trinajstić information content (AvgIpc) is 2.87. The molecule has 1 amide bonds. The number of nitrogens with zero attached hydrogens (tertiary/aromatic N) is 1. The highest BCUT2D eigenvalue weighted by molar-refractivity contribution is 6.46. The highest BCUT2D eigenvalue weighted by Gasteiger charge is 2.46. The van der Waals surface area contributed by atoms with Gasteiger partial charge in [0.15, 0.2) is 0 Å². The van der Waals surface area contributed by atoms with E-state index in [1.165, 1.54) is 24.0 Å². The summed E-state index contributed by atoms with van der Waals surface area (Å²) < 4.78 is 0. The van der Waals surface area contributed by atoms with Gasteiger partial charge in [0.2, 0.25) is 0 Å². The Morgan fingerprint density at radius 3 is 2.22 bits per heavy atom. The summed E-state index contributed by atoms with van der Waals surface area (Å²) in [5, 5.41) is 30.1. The maximum atomic E-state index is 12.7. The first kappa shape index (κ1) is 18.7. The van der Waals surface area contributed by atoms with Gasteiger partial charge in [-0.3, -0.25) is 9.59 Å². The van der Waals surface area contributed by atoms with Gasteiger partial charge in [0.25, 0.3) is 11.7 Å². The molecule has 1 heterocycles. The molecule has 0 saturated carbocycles. The van der Waals surface area contributed by atoms with Crippen LogP contribution in [0.5, 0.6) is 5.75 Å². The fourth-order valence-corrected chi connectivity index (χ4v) is 3.22. The van der Waals surface area contributed by atoms with Crippen molar-refractivity contribution in [2.24, 2.45) is 0 Å². The summed E-state index contributed by atoms with van der Waals surface area (Å²) in [5.74, 6) is -1.79. The molecule has 1 saturated heterocycles. The van der Waals surface area contributed by atoms with Gasteiger partial charge in [-0.25, -0.2) is 0 Å². The lowest BCUT2D eigenvalue weighted by molar-refractivity contribution is -0.140. The highest BCUT2D eigenvalue weighted by atomic mass is 16.3. The number of Topliss-reactive ketones (excluding diaryl/α,β-unsaturated/α-hetero) is 1. The zero-order valence-corrected chi connectivity index (χ0v) is 15.1. The van der Waals surface area contributed by atoms with Gasteiger partial charge in [-0.15, -0.1) is 0 Å². The molecule has 6 nitrogen and oxygen atoms in total. The average molecular weight is 367 g/mol. The molecule has 1 fully saturated rings. The number of rotatable bonds is 4. The number of ketones is 1. The van der Waals surface area contributed by atoms with Gasteiger partial charge in [-0.2, -0.15) is 0 Å². The fraction of sp³-hybridized carbons (Fsp3) is 0.238. The topological polar surface area (TPSA) is 98.1 Å². The molecule has 6 heteroatoms. The van der Waals surface area contributed by atoms with Crippen LogP contribution in [0.3, 0.4) is 0 Å². The lowest BCUT2D eigenvalue weighted by Crippen LogP contribution is -2.35. The predicted octanol–water partition coefficient (Wildman–Crippen LogP) is 2.50. The van der Waals surface area contributed by atoms with E-state index >= 15 is 0 Å². The van der Waals surface area contributed by atoms with Crippen LogP contribution in [-0.4, -0.2) is 44.6 Å². The number of phenolic OH excluding ortho intramolecular Hbond substituents is 1. The van der Waals surface area contributed by atoms with Crippen LogP contribution >= 0.6 is 0 Å². The minimum atomic E-state index is -0.846. The zero-order valence-electron chi connectivity index (χ0n) is 15.1. The summed E-state index contributed by atoms with van der Waals surface area (Å²) in [6.45, 7) is 3.37. The smallest absolute Gasteiger partial charge is 0.295 e. The van der Waals surface area contributed by atoms with Gasteiger partial charge >= 0.3 is 0 Å². The normalized spacial score (nSPS) is 20.1. The predicted molar refractivity (Wildman–Crippen MR) is 100.0 cm³/mol. The molecule has 27 heavy (non-hydrogen) atoms. The van der Waals surface area contributed by atoms with E-state index in [4.69, 9.17) is 0 Å². The number of phenols is 1. The van der Waals surface area contributed by atoms with Crippen molar-refractivity contribution >= 4 is 17.4 Å². The number of aromatic hydroxyl groups is 1. The highest BCUT2D eigenvalue weighted by Crippen LogP contribution is 2.39. The summed E-state index contributed by atoms with van der Waals surface area (Å²) in [5.41, 5.74) is 1.95. The second kappa shape index (κ2) is 7.25. The molecule has 2 aromatic rings. The molecule has 1 aliphatic rings. The molecule has 140 valence electrons. The van der Waals surface area contributed by atoms with Crippen molar-refractivity contribution in [2.45, 2.75) is 26.0 Å². The third-order valence-electron chi connectivity index (χ3n) is 4.53. The molecule has 3 rings (SSSR count). The van der Waals surface area contributed by atoms with Crippen molar-refractivity contribution < 1.29 is 24.9 Å². The summed E-state index contributed by atoms with van der Waals surface area (Å²) in [7, 11) is 0. The molecule has 0 bridgehead atoms. The van der Waals surface area contributed by atoms with Gasteiger partial charge in [0, 0.05) is 12.1 Å². The molecule has 3 N–H and O–H groups in total.